The largest absolute Gasteiger partial charge is 0.318 e. The van der Waals surface area contributed by atoms with Crippen LogP contribution in [0.15, 0.2) is 29.0 Å². The topological polar surface area (TPSA) is 94.5 Å². The first-order valence-corrected chi connectivity index (χ1v) is 5.36. The zero-order chi connectivity index (χ0) is 12.3. The molecule has 0 saturated carbocycles. The van der Waals surface area contributed by atoms with E-state index in [0.717, 1.165) is 4.47 Å². The number of hydrogen-bond acceptors (Lipinski definition) is 4. The highest BCUT2D eigenvalue weighted by atomic mass is 79.9. The number of nitriles is 1. The molecule has 0 bridgehead atoms. The zero-order valence-electron chi connectivity index (χ0n) is 8.44. The van der Waals surface area contributed by atoms with Gasteiger partial charge in [0.1, 0.15) is 12.4 Å². The van der Waals surface area contributed by atoms with Gasteiger partial charge in [-0.15, -0.1) is 0 Å². The molecule has 0 fully saturated rings. The molecule has 0 aliphatic carbocycles. The maximum Gasteiger partial charge on any atom is 0.293 e. The molecule has 1 amide bonds. The molecular weight excluding hydrogens is 286 g/mol. The van der Waals surface area contributed by atoms with Crippen LogP contribution in [-0.2, 0) is 0 Å². The minimum atomic E-state index is -0.443. The van der Waals surface area contributed by atoms with Crippen molar-refractivity contribution in [1.82, 2.24) is 15.2 Å². The molecule has 0 aliphatic heterocycles. The van der Waals surface area contributed by atoms with Gasteiger partial charge in [0.05, 0.1) is 11.3 Å². The highest BCUT2D eigenvalue weighted by Crippen LogP contribution is 2.20. The maximum absolute atomic E-state index is 11.7. The first-order chi connectivity index (χ1) is 8.20. The number of aromatic nitrogens is 3. The lowest BCUT2D eigenvalue weighted by atomic mass is 10.2. The molecular formula is C10H6BrN5O. The van der Waals surface area contributed by atoms with E-state index in [1.807, 2.05) is 6.07 Å². The maximum atomic E-state index is 11.7. The Morgan fingerprint density at radius 1 is 1.53 bits per heavy atom. The second-order valence-electron chi connectivity index (χ2n) is 3.09. The van der Waals surface area contributed by atoms with Crippen molar-refractivity contribution in [2.75, 3.05) is 5.32 Å². The van der Waals surface area contributed by atoms with E-state index >= 15 is 0 Å². The van der Waals surface area contributed by atoms with Crippen LogP contribution in [-0.4, -0.2) is 21.1 Å². The van der Waals surface area contributed by atoms with Crippen molar-refractivity contribution < 1.29 is 4.79 Å². The summed E-state index contributed by atoms with van der Waals surface area (Å²) in [4.78, 5) is 15.4. The molecule has 1 heterocycles. The lowest BCUT2D eigenvalue weighted by Crippen LogP contribution is -2.14. The van der Waals surface area contributed by atoms with Gasteiger partial charge < -0.3 is 5.32 Å². The number of carbonyl (C=O) groups is 1. The normalized spacial score (nSPS) is 9.65. The van der Waals surface area contributed by atoms with Gasteiger partial charge in [0.15, 0.2) is 0 Å². The van der Waals surface area contributed by atoms with Crippen molar-refractivity contribution in [3.8, 4) is 6.07 Å². The summed E-state index contributed by atoms with van der Waals surface area (Å²) < 4.78 is 0.770. The van der Waals surface area contributed by atoms with Crippen molar-refractivity contribution in [2.45, 2.75) is 0 Å². The van der Waals surface area contributed by atoms with Crippen LogP contribution in [0.4, 0.5) is 5.69 Å². The Bertz CT molecular complexity index is 587. The van der Waals surface area contributed by atoms with Gasteiger partial charge in [-0.2, -0.15) is 10.4 Å². The summed E-state index contributed by atoms with van der Waals surface area (Å²) in [5.74, 6) is -0.349. The number of nitrogens with zero attached hydrogens (tertiary/aromatic N) is 3. The Hall–Kier alpha value is -2.20. The van der Waals surface area contributed by atoms with Crippen LogP contribution in [0.3, 0.4) is 0 Å². The third-order valence-corrected chi connectivity index (χ3v) is 2.47. The van der Waals surface area contributed by atoms with Crippen LogP contribution < -0.4 is 5.32 Å². The molecule has 17 heavy (non-hydrogen) atoms. The number of hydrogen-bond donors (Lipinski definition) is 2. The monoisotopic (exact) mass is 291 g/mol. The lowest BCUT2D eigenvalue weighted by Gasteiger charge is -2.05. The van der Waals surface area contributed by atoms with Gasteiger partial charge in [0.25, 0.3) is 5.91 Å². The molecule has 2 rings (SSSR count). The van der Waals surface area contributed by atoms with Crippen LogP contribution in [0.25, 0.3) is 0 Å². The van der Waals surface area contributed by atoms with E-state index in [-0.39, 0.29) is 5.82 Å². The molecule has 0 radical (unpaired) electrons. The van der Waals surface area contributed by atoms with E-state index in [9.17, 15) is 4.79 Å². The molecule has 0 spiro atoms. The minimum absolute atomic E-state index is 0.0943. The average molecular weight is 292 g/mol. The van der Waals surface area contributed by atoms with Gasteiger partial charge in [0, 0.05) is 4.47 Å². The van der Waals surface area contributed by atoms with Crippen molar-refractivity contribution in [2.24, 2.45) is 0 Å². The number of benzene rings is 1. The van der Waals surface area contributed by atoms with E-state index in [4.69, 9.17) is 5.26 Å². The molecule has 6 nitrogen and oxygen atoms in total. The average Bonchev–Trinajstić information content (AvgIpc) is 2.85. The van der Waals surface area contributed by atoms with Crippen molar-refractivity contribution in [3.63, 3.8) is 0 Å². The van der Waals surface area contributed by atoms with Crippen LogP contribution >= 0.6 is 15.9 Å². The Morgan fingerprint density at radius 3 is 3.00 bits per heavy atom. The number of aromatic amines is 1. The van der Waals surface area contributed by atoms with Crippen molar-refractivity contribution >= 4 is 27.5 Å². The summed E-state index contributed by atoms with van der Waals surface area (Å²) in [5, 5.41) is 17.5. The fraction of sp³-hybridized carbons (Fsp3) is 0. The Morgan fingerprint density at radius 2 is 2.35 bits per heavy atom. The number of H-pyrrole nitrogens is 1. The fourth-order valence-electron chi connectivity index (χ4n) is 1.21. The highest BCUT2D eigenvalue weighted by molar-refractivity contribution is 9.10. The van der Waals surface area contributed by atoms with Gasteiger partial charge in [-0.05, 0) is 18.2 Å². The van der Waals surface area contributed by atoms with Crippen LogP contribution in [0.1, 0.15) is 16.2 Å². The van der Waals surface area contributed by atoms with E-state index in [1.54, 1.807) is 18.2 Å². The number of halogens is 1. The first kappa shape index (κ1) is 11.3. The van der Waals surface area contributed by atoms with Crippen LogP contribution in [0.2, 0.25) is 0 Å². The van der Waals surface area contributed by atoms with Gasteiger partial charge in [0.2, 0.25) is 5.82 Å². The highest BCUT2D eigenvalue weighted by Gasteiger charge is 2.11. The molecule has 0 unspecified atom stereocenters. The SMILES string of the molecule is N#Cc1cc(Br)ccc1NC(=O)c1ncn[nH]1. The molecule has 2 N–H and O–H groups in total. The smallest absolute Gasteiger partial charge is 0.293 e. The fourth-order valence-corrected chi connectivity index (χ4v) is 1.58. The summed E-state index contributed by atoms with van der Waals surface area (Å²) in [5.41, 5.74) is 0.796. The van der Waals surface area contributed by atoms with E-state index in [0.29, 0.717) is 11.3 Å². The van der Waals surface area contributed by atoms with Crippen molar-refractivity contribution in [1.29, 1.82) is 5.26 Å². The third-order valence-electron chi connectivity index (χ3n) is 1.98. The van der Waals surface area contributed by atoms with Gasteiger partial charge in [-0.3, -0.25) is 9.89 Å². The summed E-state index contributed by atoms with van der Waals surface area (Å²) >= 11 is 3.25. The number of nitrogens with one attached hydrogen (secondary N) is 2. The van der Waals surface area contributed by atoms with Crippen LogP contribution in [0, 0.1) is 11.3 Å². The molecule has 84 valence electrons. The Labute approximate surface area is 105 Å². The van der Waals surface area contributed by atoms with Gasteiger partial charge in [-0.1, -0.05) is 15.9 Å². The summed E-state index contributed by atoms with van der Waals surface area (Å²) in [6.07, 6.45) is 1.24. The predicted molar refractivity (Wildman–Crippen MR) is 63.2 cm³/mol. The third kappa shape index (κ3) is 2.49. The van der Waals surface area contributed by atoms with Gasteiger partial charge in [-0.25, -0.2) is 4.98 Å². The molecule has 0 aliphatic rings. The Balaban J connectivity index is 2.25. The molecule has 2 aromatic rings. The summed E-state index contributed by atoms with van der Waals surface area (Å²) in [7, 11) is 0. The first-order valence-electron chi connectivity index (χ1n) is 4.57. The van der Waals surface area contributed by atoms with Crippen molar-refractivity contribution in [3.05, 3.63) is 40.4 Å². The summed E-state index contributed by atoms with van der Waals surface area (Å²) in [6.45, 7) is 0. The number of amides is 1. The van der Waals surface area contributed by atoms with Gasteiger partial charge >= 0.3 is 0 Å². The number of carbonyl (C=O) groups excluding carboxylic acids is 1. The van der Waals surface area contributed by atoms with E-state index < -0.39 is 5.91 Å². The second-order valence-corrected chi connectivity index (χ2v) is 4.01. The van der Waals surface area contributed by atoms with E-state index in [1.165, 1.54) is 6.33 Å². The predicted octanol–water partition coefficient (Wildman–Crippen LogP) is 1.69. The number of anilines is 1. The Kier molecular flexibility index (Phi) is 3.16. The second kappa shape index (κ2) is 4.76. The molecule has 0 atom stereocenters. The zero-order valence-corrected chi connectivity index (χ0v) is 10.0. The molecule has 7 heteroatoms. The number of rotatable bonds is 2. The lowest BCUT2D eigenvalue weighted by molar-refractivity contribution is 0.101. The molecule has 1 aromatic carbocycles. The van der Waals surface area contributed by atoms with Crippen LogP contribution in [0.5, 0.6) is 0 Å². The quantitative estimate of drug-likeness (QED) is 0.880. The summed E-state index contributed by atoms with van der Waals surface area (Å²) in [6, 6.07) is 6.99. The minimum Gasteiger partial charge on any atom is -0.318 e. The standard InChI is InChI=1S/C10H6BrN5O/c11-7-1-2-8(6(3-7)4-12)15-10(17)9-13-5-14-16-9/h1-3,5H,(H,15,17)(H,13,14,16). The van der Waals surface area contributed by atoms with E-state index in [2.05, 4.69) is 36.4 Å². The molecule has 1 aromatic heterocycles. The molecule has 0 saturated heterocycles.